The Labute approximate surface area is 152 Å². The molecule has 0 unspecified atom stereocenters. The molecule has 1 aliphatic rings. The zero-order chi connectivity index (χ0) is 17.9. The molecule has 3 aromatic rings. The maximum Gasteiger partial charge on any atom is 0.276 e. The molecule has 134 valence electrons. The van der Waals surface area contributed by atoms with Crippen LogP contribution in [0.15, 0.2) is 53.3 Å². The standard InChI is InChI=1S/C20H22N4O2/c1-15-21-9-12-24(15)14-16-7-10-23(11-8-16)20(25)18-13-19(26-22-18)17-5-3-2-4-6-17/h2-6,9,12-13,16H,7-8,10-11,14H2,1H3. The molecule has 0 bridgehead atoms. The van der Waals surface area contributed by atoms with Gasteiger partial charge in [-0.25, -0.2) is 4.98 Å². The first-order valence-electron chi connectivity index (χ1n) is 9.00. The zero-order valence-electron chi connectivity index (χ0n) is 14.8. The van der Waals surface area contributed by atoms with Gasteiger partial charge >= 0.3 is 0 Å². The van der Waals surface area contributed by atoms with Crippen LogP contribution in [0.5, 0.6) is 0 Å². The fraction of sp³-hybridized carbons (Fsp3) is 0.350. The van der Waals surface area contributed by atoms with Crippen LogP contribution in [0.4, 0.5) is 0 Å². The van der Waals surface area contributed by atoms with Crippen molar-refractivity contribution in [1.29, 1.82) is 0 Å². The summed E-state index contributed by atoms with van der Waals surface area (Å²) in [5.74, 6) is 2.19. The number of likely N-dealkylation sites (tertiary alicyclic amines) is 1. The number of piperidine rings is 1. The van der Waals surface area contributed by atoms with E-state index in [0.717, 1.165) is 43.9 Å². The lowest BCUT2D eigenvalue weighted by Gasteiger charge is -2.31. The Balaban J connectivity index is 1.37. The van der Waals surface area contributed by atoms with Gasteiger partial charge in [0.1, 0.15) is 5.82 Å². The molecule has 0 saturated carbocycles. The lowest BCUT2D eigenvalue weighted by Crippen LogP contribution is -2.39. The number of rotatable bonds is 4. The van der Waals surface area contributed by atoms with E-state index in [0.29, 0.717) is 17.4 Å². The number of nitrogens with zero attached hydrogens (tertiary/aromatic N) is 4. The van der Waals surface area contributed by atoms with Gasteiger partial charge in [0.2, 0.25) is 0 Å². The van der Waals surface area contributed by atoms with Crippen LogP contribution in [0.3, 0.4) is 0 Å². The van der Waals surface area contributed by atoms with Crippen molar-refractivity contribution in [1.82, 2.24) is 19.6 Å². The maximum atomic E-state index is 12.7. The summed E-state index contributed by atoms with van der Waals surface area (Å²) in [6, 6.07) is 11.4. The smallest absolute Gasteiger partial charge is 0.276 e. The molecule has 0 spiro atoms. The van der Waals surface area contributed by atoms with E-state index in [9.17, 15) is 4.79 Å². The average molecular weight is 350 g/mol. The highest BCUT2D eigenvalue weighted by Crippen LogP contribution is 2.23. The highest BCUT2D eigenvalue weighted by molar-refractivity contribution is 5.93. The Bertz CT molecular complexity index is 876. The van der Waals surface area contributed by atoms with E-state index in [4.69, 9.17) is 4.52 Å². The zero-order valence-corrected chi connectivity index (χ0v) is 14.8. The van der Waals surface area contributed by atoms with E-state index in [1.54, 1.807) is 6.07 Å². The number of amides is 1. The summed E-state index contributed by atoms with van der Waals surface area (Å²) in [5.41, 5.74) is 1.31. The summed E-state index contributed by atoms with van der Waals surface area (Å²) in [7, 11) is 0. The molecular weight excluding hydrogens is 328 g/mol. The topological polar surface area (TPSA) is 64.2 Å². The summed E-state index contributed by atoms with van der Waals surface area (Å²) in [4.78, 5) is 18.9. The van der Waals surface area contributed by atoms with Gasteiger partial charge in [-0.2, -0.15) is 0 Å². The molecule has 1 fully saturated rings. The lowest BCUT2D eigenvalue weighted by atomic mass is 9.96. The van der Waals surface area contributed by atoms with Gasteiger partial charge in [-0.1, -0.05) is 35.5 Å². The molecule has 3 heterocycles. The number of carbonyl (C=O) groups excluding carboxylic acids is 1. The fourth-order valence-corrected chi connectivity index (χ4v) is 3.47. The molecule has 1 aromatic carbocycles. The lowest BCUT2D eigenvalue weighted by molar-refractivity contribution is 0.0672. The van der Waals surface area contributed by atoms with Crippen molar-refractivity contribution in [3.63, 3.8) is 0 Å². The van der Waals surface area contributed by atoms with Gasteiger partial charge in [-0.15, -0.1) is 0 Å². The molecule has 1 amide bonds. The van der Waals surface area contributed by atoms with E-state index in [2.05, 4.69) is 14.7 Å². The molecule has 2 aromatic heterocycles. The molecule has 4 rings (SSSR count). The fourth-order valence-electron chi connectivity index (χ4n) is 3.47. The second-order valence-electron chi connectivity index (χ2n) is 6.80. The first kappa shape index (κ1) is 16.6. The van der Waals surface area contributed by atoms with Gasteiger partial charge in [0.15, 0.2) is 11.5 Å². The Kier molecular flexibility index (Phi) is 4.56. The van der Waals surface area contributed by atoms with E-state index < -0.39 is 0 Å². The minimum atomic E-state index is -0.0480. The van der Waals surface area contributed by atoms with E-state index in [1.807, 2.05) is 54.5 Å². The monoisotopic (exact) mass is 350 g/mol. The van der Waals surface area contributed by atoms with Crippen molar-refractivity contribution in [2.75, 3.05) is 13.1 Å². The van der Waals surface area contributed by atoms with Crippen LogP contribution >= 0.6 is 0 Å². The predicted molar refractivity (Wildman–Crippen MR) is 97.5 cm³/mol. The largest absolute Gasteiger partial charge is 0.355 e. The number of aryl methyl sites for hydroxylation is 1. The number of imidazole rings is 1. The van der Waals surface area contributed by atoms with Crippen LogP contribution in [-0.2, 0) is 6.54 Å². The van der Waals surface area contributed by atoms with Gasteiger partial charge in [-0.3, -0.25) is 4.79 Å². The van der Waals surface area contributed by atoms with Crippen LogP contribution < -0.4 is 0 Å². The van der Waals surface area contributed by atoms with Gasteiger partial charge < -0.3 is 14.0 Å². The Morgan fingerprint density at radius 2 is 2.00 bits per heavy atom. The third kappa shape index (κ3) is 3.40. The van der Waals surface area contributed by atoms with Crippen molar-refractivity contribution in [2.24, 2.45) is 5.92 Å². The summed E-state index contributed by atoms with van der Waals surface area (Å²) in [5, 5.41) is 3.98. The number of hydrogen-bond donors (Lipinski definition) is 0. The average Bonchev–Trinajstić information content (AvgIpc) is 3.32. The first-order chi connectivity index (χ1) is 12.7. The highest BCUT2D eigenvalue weighted by atomic mass is 16.5. The maximum absolute atomic E-state index is 12.7. The molecule has 0 radical (unpaired) electrons. The van der Waals surface area contributed by atoms with Gasteiger partial charge in [0.05, 0.1) is 0 Å². The van der Waals surface area contributed by atoms with E-state index >= 15 is 0 Å². The Morgan fingerprint density at radius 1 is 1.23 bits per heavy atom. The molecule has 6 heteroatoms. The normalized spacial score (nSPS) is 15.3. The van der Waals surface area contributed by atoms with Crippen LogP contribution in [0.25, 0.3) is 11.3 Å². The number of benzene rings is 1. The Morgan fingerprint density at radius 3 is 2.69 bits per heavy atom. The second kappa shape index (κ2) is 7.15. The van der Waals surface area contributed by atoms with Crippen LogP contribution in [0, 0.1) is 12.8 Å². The summed E-state index contributed by atoms with van der Waals surface area (Å²) < 4.78 is 7.55. The molecule has 0 N–H and O–H groups in total. The van der Waals surface area contributed by atoms with E-state index in [1.165, 1.54) is 0 Å². The van der Waals surface area contributed by atoms with E-state index in [-0.39, 0.29) is 5.91 Å². The number of aromatic nitrogens is 3. The van der Waals surface area contributed by atoms with Gasteiger partial charge in [-0.05, 0) is 25.7 Å². The van der Waals surface area contributed by atoms with Crippen molar-refractivity contribution < 1.29 is 9.32 Å². The summed E-state index contributed by atoms with van der Waals surface area (Å²) in [6.45, 7) is 4.50. The molecule has 26 heavy (non-hydrogen) atoms. The summed E-state index contributed by atoms with van der Waals surface area (Å²) >= 11 is 0. The van der Waals surface area contributed by atoms with Crippen molar-refractivity contribution in [3.05, 3.63) is 60.3 Å². The SMILES string of the molecule is Cc1nccn1CC1CCN(C(=O)c2cc(-c3ccccc3)on2)CC1. The summed E-state index contributed by atoms with van der Waals surface area (Å²) in [6.07, 6.45) is 5.84. The molecule has 0 atom stereocenters. The molecule has 1 saturated heterocycles. The predicted octanol–water partition coefficient (Wildman–Crippen LogP) is 3.40. The Hall–Kier alpha value is -2.89. The highest BCUT2D eigenvalue weighted by Gasteiger charge is 2.26. The van der Waals surface area contributed by atoms with Gasteiger partial charge in [0.25, 0.3) is 5.91 Å². The second-order valence-corrected chi connectivity index (χ2v) is 6.80. The minimum absolute atomic E-state index is 0.0480. The molecule has 6 nitrogen and oxygen atoms in total. The number of carbonyl (C=O) groups is 1. The van der Waals surface area contributed by atoms with Crippen LogP contribution in [0.2, 0.25) is 0 Å². The molecular formula is C20H22N4O2. The van der Waals surface area contributed by atoms with Crippen LogP contribution in [-0.4, -0.2) is 38.6 Å². The third-order valence-corrected chi connectivity index (χ3v) is 5.07. The number of hydrogen-bond acceptors (Lipinski definition) is 4. The third-order valence-electron chi connectivity index (χ3n) is 5.07. The molecule has 1 aliphatic heterocycles. The first-order valence-corrected chi connectivity index (χ1v) is 9.00. The minimum Gasteiger partial charge on any atom is -0.355 e. The molecule has 0 aliphatic carbocycles. The quantitative estimate of drug-likeness (QED) is 0.723. The van der Waals surface area contributed by atoms with Crippen molar-refractivity contribution in [2.45, 2.75) is 26.3 Å². The van der Waals surface area contributed by atoms with Crippen LogP contribution in [0.1, 0.15) is 29.2 Å². The van der Waals surface area contributed by atoms with Crippen molar-refractivity contribution >= 4 is 5.91 Å². The van der Waals surface area contributed by atoms with Gasteiger partial charge in [0, 0.05) is 43.7 Å². The van der Waals surface area contributed by atoms with Crippen molar-refractivity contribution in [3.8, 4) is 11.3 Å².